The first-order valence-electron chi connectivity index (χ1n) is 18.2. The van der Waals surface area contributed by atoms with Crippen molar-refractivity contribution in [2.24, 2.45) is 11.8 Å². The molecule has 48 heavy (non-hydrogen) atoms. The highest BCUT2D eigenvalue weighted by atomic mass is 16.3. The molecule has 0 spiro atoms. The number of unbranched alkanes of at least 4 members (excludes halogenated alkanes) is 5. The highest BCUT2D eigenvalue weighted by molar-refractivity contribution is 5.92. The number of aliphatic hydroxyl groups is 1. The van der Waals surface area contributed by atoms with Gasteiger partial charge in [-0.05, 0) is 58.2 Å². The van der Waals surface area contributed by atoms with E-state index in [-0.39, 0.29) is 42.7 Å². The van der Waals surface area contributed by atoms with Gasteiger partial charge in [0.2, 0.25) is 30.0 Å². The topological polar surface area (TPSA) is 151 Å². The van der Waals surface area contributed by atoms with E-state index in [4.69, 9.17) is 0 Å². The van der Waals surface area contributed by atoms with Crippen molar-refractivity contribution in [2.45, 2.75) is 143 Å². The van der Waals surface area contributed by atoms with Crippen molar-refractivity contribution >= 4 is 30.0 Å². The number of amides is 5. The lowest BCUT2D eigenvalue weighted by atomic mass is 9.97. The predicted molar refractivity (Wildman–Crippen MR) is 190 cm³/mol. The average molecular weight is 679 g/mol. The molecule has 1 fully saturated rings. The maximum absolute atomic E-state index is 14.0. The quantitative estimate of drug-likeness (QED) is 0.0696. The Labute approximate surface area is 289 Å². The Morgan fingerprint density at radius 2 is 1.62 bits per heavy atom. The monoisotopic (exact) mass is 679 g/mol. The van der Waals surface area contributed by atoms with Crippen molar-refractivity contribution in [3.63, 3.8) is 0 Å². The van der Waals surface area contributed by atoms with Gasteiger partial charge in [-0.3, -0.25) is 24.0 Å². The van der Waals surface area contributed by atoms with Gasteiger partial charge in [0.15, 0.2) is 0 Å². The summed E-state index contributed by atoms with van der Waals surface area (Å²) in [5.41, 5.74) is 0. The molecular formula is C36H66N6O6. The Balaban J connectivity index is 3.17. The lowest BCUT2D eigenvalue weighted by Crippen LogP contribution is -2.61. The Morgan fingerprint density at radius 1 is 0.958 bits per heavy atom. The zero-order chi connectivity index (χ0) is 36.2. The van der Waals surface area contributed by atoms with Crippen LogP contribution in [0.15, 0.2) is 12.2 Å². The highest BCUT2D eigenvalue weighted by Gasteiger charge is 2.40. The number of hydrogen-bond donors (Lipinski definition) is 4. The van der Waals surface area contributed by atoms with E-state index in [0.29, 0.717) is 45.2 Å². The molecule has 5 amide bonds. The van der Waals surface area contributed by atoms with Gasteiger partial charge in [-0.2, -0.15) is 0 Å². The Bertz CT molecular complexity index is 1020. The van der Waals surface area contributed by atoms with Gasteiger partial charge >= 0.3 is 0 Å². The first-order valence-corrected chi connectivity index (χ1v) is 18.2. The molecule has 1 aliphatic rings. The molecule has 0 saturated carbocycles. The third-order valence-electron chi connectivity index (χ3n) is 8.98. The molecule has 276 valence electrons. The summed E-state index contributed by atoms with van der Waals surface area (Å²) in [4.78, 5) is 70.8. The molecule has 0 aromatic heterocycles. The van der Waals surface area contributed by atoms with E-state index < -0.39 is 36.2 Å². The number of nitrogens with one attached hydrogen (secondary N) is 3. The van der Waals surface area contributed by atoms with Crippen LogP contribution in [0.5, 0.6) is 0 Å². The minimum absolute atomic E-state index is 0.0293. The van der Waals surface area contributed by atoms with Gasteiger partial charge in [0.25, 0.3) is 0 Å². The average Bonchev–Trinajstić information content (AvgIpc) is 3.52. The second-order valence-electron chi connectivity index (χ2n) is 14.0. The summed E-state index contributed by atoms with van der Waals surface area (Å²) in [6.07, 6.45) is 10.7. The lowest BCUT2D eigenvalue weighted by molar-refractivity contribution is -0.145. The van der Waals surface area contributed by atoms with Gasteiger partial charge in [0.05, 0.1) is 6.10 Å². The Hall–Kier alpha value is -2.99. The first-order chi connectivity index (χ1) is 22.8. The number of likely N-dealkylation sites (tertiary alicyclic amines) is 1. The van der Waals surface area contributed by atoms with Crippen LogP contribution in [0, 0.1) is 11.8 Å². The number of likely N-dealkylation sites (N-methyl/N-ethyl adjacent to an activating group) is 1. The summed E-state index contributed by atoms with van der Waals surface area (Å²) in [6, 6.07) is -2.30. The van der Waals surface area contributed by atoms with E-state index in [1.54, 1.807) is 24.8 Å². The van der Waals surface area contributed by atoms with Gasteiger partial charge in [-0.25, -0.2) is 0 Å². The molecule has 1 rings (SSSR count). The number of allylic oxidation sites excluding steroid dienone is 1. The van der Waals surface area contributed by atoms with Crippen LogP contribution in [0.25, 0.3) is 0 Å². The summed E-state index contributed by atoms with van der Waals surface area (Å²) >= 11 is 0. The Kier molecular flexibility index (Phi) is 21.0. The van der Waals surface area contributed by atoms with Gasteiger partial charge < -0.3 is 35.8 Å². The molecule has 0 aliphatic carbocycles. The first kappa shape index (κ1) is 43.0. The minimum Gasteiger partial charge on any atom is -0.390 e. The fourth-order valence-electron chi connectivity index (χ4n) is 5.97. The SMILES string of the molecule is CCCCCCCC[C@@H](C(=O)N[C@H](C(=O)NCCC(=O)N[C@@H](C)CN(C)C)[C@H](O)C(C)C)N(C=O)[C@@H]1CCCN1C(=O)/C=C/[C@@H](C)CC. The normalized spacial score (nSPS) is 18.0. The second kappa shape index (κ2) is 23.4. The highest BCUT2D eigenvalue weighted by Crippen LogP contribution is 2.25. The fourth-order valence-corrected chi connectivity index (χ4v) is 5.97. The third kappa shape index (κ3) is 15.5. The van der Waals surface area contributed by atoms with Crippen molar-refractivity contribution in [2.75, 3.05) is 33.7 Å². The van der Waals surface area contributed by atoms with E-state index in [9.17, 15) is 29.1 Å². The smallest absolute Gasteiger partial charge is 0.247 e. The number of hydrogen-bond acceptors (Lipinski definition) is 7. The molecule has 1 saturated heterocycles. The van der Waals surface area contributed by atoms with Crippen molar-refractivity contribution in [3.05, 3.63) is 12.2 Å². The molecule has 1 heterocycles. The van der Waals surface area contributed by atoms with E-state index in [0.717, 1.165) is 38.5 Å². The molecule has 0 radical (unpaired) electrons. The molecule has 0 aromatic carbocycles. The van der Waals surface area contributed by atoms with E-state index >= 15 is 0 Å². The van der Waals surface area contributed by atoms with Crippen LogP contribution in [0.2, 0.25) is 0 Å². The largest absolute Gasteiger partial charge is 0.390 e. The molecule has 0 bridgehead atoms. The fraction of sp³-hybridized carbons (Fsp3) is 0.806. The maximum atomic E-state index is 14.0. The Morgan fingerprint density at radius 3 is 2.23 bits per heavy atom. The van der Waals surface area contributed by atoms with Crippen LogP contribution in [0.3, 0.4) is 0 Å². The third-order valence-corrected chi connectivity index (χ3v) is 8.98. The maximum Gasteiger partial charge on any atom is 0.247 e. The van der Waals surface area contributed by atoms with Crippen molar-refractivity contribution in [3.8, 4) is 0 Å². The lowest BCUT2D eigenvalue weighted by Gasteiger charge is -2.38. The van der Waals surface area contributed by atoms with E-state index in [1.807, 2.05) is 45.8 Å². The van der Waals surface area contributed by atoms with Crippen LogP contribution in [0.1, 0.15) is 112 Å². The van der Waals surface area contributed by atoms with Crippen LogP contribution < -0.4 is 16.0 Å². The minimum atomic E-state index is -1.30. The van der Waals surface area contributed by atoms with Gasteiger partial charge in [-0.1, -0.05) is 85.6 Å². The summed E-state index contributed by atoms with van der Waals surface area (Å²) in [6.45, 7) is 12.8. The number of aliphatic hydroxyl groups excluding tert-OH is 1. The molecule has 0 unspecified atom stereocenters. The number of nitrogens with zero attached hydrogens (tertiary/aromatic N) is 3. The number of carbonyl (C=O) groups excluding carboxylic acids is 5. The summed E-state index contributed by atoms with van der Waals surface area (Å²) in [5.74, 6) is -1.71. The van der Waals surface area contributed by atoms with Crippen LogP contribution in [-0.2, 0) is 24.0 Å². The zero-order valence-corrected chi connectivity index (χ0v) is 31.0. The van der Waals surface area contributed by atoms with Crippen LogP contribution >= 0.6 is 0 Å². The van der Waals surface area contributed by atoms with Crippen LogP contribution in [-0.4, -0.2) is 114 Å². The van der Waals surface area contributed by atoms with Gasteiger partial charge in [0, 0.05) is 32.1 Å². The van der Waals surface area contributed by atoms with E-state index in [1.165, 1.54) is 4.90 Å². The van der Waals surface area contributed by atoms with Crippen molar-refractivity contribution in [1.82, 2.24) is 30.7 Å². The molecule has 6 atom stereocenters. The van der Waals surface area contributed by atoms with Gasteiger partial charge in [-0.15, -0.1) is 0 Å². The predicted octanol–water partition coefficient (Wildman–Crippen LogP) is 3.19. The molecular weight excluding hydrogens is 612 g/mol. The molecule has 12 nitrogen and oxygen atoms in total. The van der Waals surface area contributed by atoms with E-state index in [2.05, 4.69) is 22.9 Å². The molecule has 0 aromatic rings. The summed E-state index contributed by atoms with van der Waals surface area (Å²) < 4.78 is 0. The molecule has 12 heteroatoms. The zero-order valence-electron chi connectivity index (χ0n) is 31.0. The summed E-state index contributed by atoms with van der Waals surface area (Å²) in [7, 11) is 3.83. The van der Waals surface area contributed by atoms with Crippen LogP contribution in [0.4, 0.5) is 0 Å². The number of rotatable bonds is 24. The molecule has 4 N–H and O–H groups in total. The number of carbonyl (C=O) groups is 5. The second-order valence-corrected chi connectivity index (χ2v) is 14.0. The van der Waals surface area contributed by atoms with Gasteiger partial charge in [0.1, 0.15) is 18.2 Å². The summed E-state index contributed by atoms with van der Waals surface area (Å²) in [5, 5.41) is 19.4. The molecule has 1 aliphatic heterocycles. The van der Waals surface area contributed by atoms with Crippen molar-refractivity contribution in [1.29, 1.82) is 0 Å². The van der Waals surface area contributed by atoms with Crippen molar-refractivity contribution < 1.29 is 29.1 Å². The standard InChI is InChI=1S/C36H66N6O6/c1-9-11-12-13-14-15-17-29(42(25-43)31-18-16-23-41(31)32(45)20-19-27(5)10-2)35(47)39-33(34(46)26(3)4)36(48)37-22-21-30(44)38-28(6)24-40(7)8/h19-20,25-29,31,33-34,46H,9-18,21-24H2,1-8H3,(H,37,48)(H,38,44)(H,39,47)/b20-19+/t27-,28-,29-,31+,33-,34+/m0/s1.